The summed E-state index contributed by atoms with van der Waals surface area (Å²) in [5.74, 6) is 0.980. The van der Waals surface area contributed by atoms with Gasteiger partial charge < -0.3 is 19.8 Å². The van der Waals surface area contributed by atoms with Crippen LogP contribution in [0, 0.1) is 0 Å². The van der Waals surface area contributed by atoms with E-state index in [4.69, 9.17) is 0 Å². The molecule has 0 saturated heterocycles. The lowest BCUT2D eigenvalue weighted by molar-refractivity contribution is -0.127. The minimum atomic E-state index is 0.0966. The van der Waals surface area contributed by atoms with Crippen LogP contribution in [0.25, 0.3) is 11.0 Å². The number of fused-ring (bicyclic) bond motifs is 2. The molecule has 1 amide bonds. The third-order valence-corrected chi connectivity index (χ3v) is 5.86. The zero-order valence-corrected chi connectivity index (χ0v) is 14.9. The summed E-state index contributed by atoms with van der Waals surface area (Å²) in [4.78, 5) is 32.8. The van der Waals surface area contributed by atoms with Crippen LogP contribution in [-0.2, 0) is 17.8 Å². The zero-order valence-electron chi connectivity index (χ0n) is 14.1. The van der Waals surface area contributed by atoms with Gasteiger partial charge in [-0.15, -0.1) is 11.8 Å². The smallest absolute Gasteiger partial charge is 0.262 e. The van der Waals surface area contributed by atoms with Crippen molar-refractivity contribution in [3.8, 4) is 0 Å². The predicted octanol–water partition coefficient (Wildman–Crippen LogP) is 2.27. The number of aromatic nitrogens is 4. The standard InChI is InChI=1S/C18H18N6OS/c25-18(24-6-3-13-14(9-24)22-11-21-13)16-10-23(7-8-26-16)15-2-5-20-17-12(15)1-4-19-17/h1-2,4-5,10-11H,3,6-9H2,(H,19,20)(H,21,22). The summed E-state index contributed by atoms with van der Waals surface area (Å²) < 4.78 is 0. The number of anilines is 1. The molecule has 3 aromatic heterocycles. The van der Waals surface area contributed by atoms with Crippen molar-refractivity contribution in [2.45, 2.75) is 13.0 Å². The molecule has 0 saturated carbocycles. The molecular formula is C18H18N6OS. The molecule has 0 atom stereocenters. The quantitative estimate of drug-likeness (QED) is 0.727. The van der Waals surface area contributed by atoms with Crippen LogP contribution in [0.15, 0.2) is 42.0 Å². The molecule has 2 aliphatic rings. The van der Waals surface area contributed by atoms with E-state index in [1.54, 1.807) is 24.3 Å². The van der Waals surface area contributed by atoms with E-state index in [0.29, 0.717) is 13.1 Å². The van der Waals surface area contributed by atoms with Crippen molar-refractivity contribution in [3.63, 3.8) is 0 Å². The molecule has 0 fully saturated rings. The number of imidazole rings is 1. The predicted molar refractivity (Wildman–Crippen MR) is 102 cm³/mol. The summed E-state index contributed by atoms with van der Waals surface area (Å²) >= 11 is 1.63. The number of amides is 1. The number of carbonyl (C=O) groups excluding carboxylic acids is 1. The second kappa shape index (κ2) is 6.21. The van der Waals surface area contributed by atoms with Crippen molar-refractivity contribution in [2.24, 2.45) is 0 Å². The molecule has 26 heavy (non-hydrogen) atoms. The normalized spacial score (nSPS) is 17.3. The summed E-state index contributed by atoms with van der Waals surface area (Å²) in [6.07, 6.45) is 8.20. The molecule has 132 valence electrons. The van der Waals surface area contributed by atoms with Gasteiger partial charge in [0.1, 0.15) is 5.65 Å². The van der Waals surface area contributed by atoms with Crippen LogP contribution in [0.5, 0.6) is 0 Å². The summed E-state index contributed by atoms with van der Waals surface area (Å²) in [5, 5.41) is 1.07. The van der Waals surface area contributed by atoms with Crippen LogP contribution in [0.4, 0.5) is 5.69 Å². The fourth-order valence-electron chi connectivity index (χ4n) is 3.54. The maximum atomic E-state index is 13.0. The van der Waals surface area contributed by atoms with Gasteiger partial charge in [-0.2, -0.15) is 0 Å². The Morgan fingerprint density at radius 2 is 2.15 bits per heavy atom. The number of carbonyl (C=O) groups is 1. The first-order chi connectivity index (χ1) is 12.8. The molecule has 2 aliphatic heterocycles. The average molecular weight is 366 g/mol. The Labute approximate surface area is 154 Å². The number of nitrogens with one attached hydrogen (secondary N) is 2. The van der Waals surface area contributed by atoms with Gasteiger partial charge in [0.05, 0.1) is 34.9 Å². The highest BCUT2D eigenvalue weighted by molar-refractivity contribution is 8.04. The first-order valence-corrected chi connectivity index (χ1v) is 9.62. The van der Waals surface area contributed by atoms with E-state index in [1.807, 2.05) is 29.4 Å². The lowest BCUT2D eigenvalue weighted by Crippen LogP contribution is -2.38. The zero-order chi connectivity index (χ0) is 17.5. The molecule has 5 rings (SSSR count). The topological polar surface area (TPSA) is 80.9 Å². The van der Waals surface area contributed by atoms with Crippen LogP contribution >= 0.6 is 11.8 Å². The van der Waals surface area contributed by atoms with Gasteiger partial charge in [0, 0.05) is 49.2 Å². The van der Waals surface area contributed by atoms with E-state index in [-0.39, 0.29) is 5.91 Å². The molecule has 5 heterocycles. The first-order valence-electron chi connectivity index (χ1n) is 8.63. The lowest BCUT2D eigenvalue weighted by atomic mass is 10.1. The van der Waals surface area contributed by atoms with Gasteiger partial charge in [0.15, 0.2) is 0 Å². The van der Waals surface area contributed by atoms with Gasteiger partial charge in [-0.05, 0) is 12.1 Å². The highest BCUT2D eigenvalue weighted by Crippen LogP contribution is 2.32. The minimum absolute atomic E-state index is 0.0966. The second-order valence-corrected chi connectivity index (χ2v) is 7.55. The Kier molecular flexibility index (Phi) is 3.70. The summed E-state index contributed by atoms with van der Waals surface area (Å²) in [7, 11) is 0. The number of aromatic amines is 2. The monoisotopic (exact) mass is 366 g/mol. The largest absolute Gasteiger partial charge is 0.347 e. The van der Waals surface area contributed by atoms with Crippen molar-refractivity contribution in [3.05, 3.63) is 53.3 Å². The Balaban J connectivity index is 1.42. The van der Waals surface area contributed by atoms with E-state index in [0.717, 1.165) is 51.7 Å². The van der Waals surface area contributed by atoms with Gasteiger partial charge in [0.2, 0.25) is 0 Å². The van der Waals surface area contributed by atoms with Gasteiger partial charge in [0.25, 0.3) is 5.91 Å². The maximum Gasteiger partial charge on any atom is 0.262 e. The molecule has 3 aromatic rings. The van der Waals surface area contributed by atoms with Crippen LogP contribution in [0.2, 0.25) is 0 Å². The van der Waals surface area contributed by atoms with Crippen LogP contribution in [-0.4, -0.2) is 49.6 Å². The molecule has 0 aromatic carbocycles. The third-order valence-electron chi connectivity index (χ3n) is 4.88. The first kappa shape index (κ1) is 15.5. The van der Waals surface area contributed by atoms with Gasteiger partial charge in [-0.1, -0.05) is 0 Å². The van der Waals surface area contributed by atoms with Crippen molar-refractivity contribution < 1.29 is 4.79 Å². The SMILES string of the molecule is O=C(C1=CN(c2ccnc3[nH]ccc23)CCS1)N1CCc2nc[nH]c2C1. The van der Waals surface area contributed by atoms with Gasteiger partial charge >= 0.3 is 0 Å². The molecule has 7 nitrogen and oxygen atoms in total. The van der Waals surface area contributed by atoms with Crippen LogP contribution < -0.4 is 4.90 Å². The van der Waals surface area contributed by atoms with E-state index >= 15 is 0 Å². The maximum absolute atomic E-state index is 13.0. The number of pyridine rings is 1. The van der Waals surface area contributed by atoms with E-state index in [1.165, 1.54) is 0 Å². The Bertz CT molecular complexity index is 1010. The van der Waals surface area contributed by atoms with Gasteiger partial charge in [-0.3, -0.25) is 4.79 Å². The van der Waals surface area contributed by atoms with Crippen LogP contribution in [0.1, 0.15) is 11.4 Å². The fraction of sp³-hybridized carbons (Fsp3) is 0.278. The number of H-pyrrole nitrogens is 2. The Morgan fingerprint density at radius 1 is 1.19 bits per heavy atom. The fourth-order valence-corrected chi connectivity index (χ4v) is 4.50. The molecular weight excluding hydrogens is 348 g/mol. The third kappa shape index (κ3) is 2.57. The van der Waals surface area contributed by atoms with E-state index < -0.39 is 0 Å². The summed E-state index contributed by atoms with van der Waals surface area (Å²) in [6, 6.07) is 4.03. The van der Waals surface area contributed by atoms with Gasteiger partial charge in [-0.25, -0.2) is 9.97 Å². The number of hydrogen-bond donors (Lipinski definition) is 2. The average Bonchev–Trinajstić information content (AvgIpc) is 3.35. The van der Waals surface area contributed by atoms with Crippen molar-refractivity contribution >= 4 is 34.4 Å². The Morgan fingerprint density at radius 3 is 3.12 bits per heavy atom. The molecule has 2 N–H and O–H groups in total. The van der Waals surface area contributed by atoms with E-state index in [9.17, 15) is 4.79 Å². The Hall–Kier alpha value is -2.74. The van der Waals surface area contributed by atoms with Crippen molar-refractivity contribution in [1.82, 2.24) is 24.8 Å². The highest BCUT2D eigenvalue weighted by Gasteiger charge is 2.27. The number of rotatable bonds is 2. The molecule has 0 bridgehead atoms. The number of nitrogens with zero attached hydrogens (tertiary/aromatic N) is 4. The molecule has 0 aliphatic carbocycles. The minimum Gasteiger partial charge on any atom is -0.347 e. The van der Waals surface area contributed by atoms with E-state index in [2.05, 4.69) is 24.8 Å². The number of thioether (sulfide) groups is 1. The summed E-state index contributed by atoms with van der Waals surface area (Å²) in [5.41, 5.74) is 4.07. The van der Waals surface area contributed by atoms with Crippen molar-refractivity contribution in [2.75, 3.05) is 23.7 Å². The lowest BCUT2D eigenvalue weighted by Gasteiger charge is -2.31. The molecule has 0 spiro atoms. The summed E-state index contributed by atoms with van der Waals surface area (Å²) in [6.45, 7) is 2.19. The van der Waals surface area contributed by atoms with Crippen LogP contribution in [0.3, 0.4) is 0 Å². The second-order valence-electron chi connectivity index (χ2n) is 6.41. The molecule has 0 unspecified atom stereocenters. The highest BCUT2D eigenvalue weighted by atomic mass is 32.2. The number of hydrogen-bond acceptors (Lipinski definition) is 5. The van der Waals surface area contributed by atoms with Crippen molar-refractivity contribution in [1.29, 1.82) is 0 Å². The molecule has 0 radical (unpaired) electrons. The molecule has 8 heteroatoms.